The molecule has 0 atom stereocenters. The standard InChI is InChI=1S/C13H18NO3P/c1-3-16-18(15,17-4-2)10-12-9-11-7-5-6-8-13(11)14-12/h5-9,14H,3-4,10H2,1-2H3. The number of H-pyrrole nitrogens is 1. The minimum Gasteiger partial charge on any atom is -0.358 e. The second kappa shape index (κ2) is 5.70. The molecule has 2 aromatic rings. The maximum atomic E-state index is 12.4. The fraction of sp³-hybridized carbons (Fsp3) is 0.385. The van der Waals surface area contributed by atoms with Gasteiger partial charge < -0.3 is 14.0 Å². The minimum atomic E-state index is -3.03. The zero-order valence-corrected chi connectivity index (χ0v) is 11.6. The molecule has 0 unspecified atom stereocenters. The van der Waals surface area contributed by atoms with Crippen LogP contribution >= 0.6 is 7.60 Å². The molecule has 5 heteroatoms. The van der Waals surface area contributed by atoms with Crippen LogP contribution in [0.5, 0.6) is 0 Å². The Hall–Kier alpha value is -1.09. The van der Waals surface area contributed by atoms with Gasteiger partial charge in [-0.1, -0.05) is 18.2 Å². The molecule has 0 aliphatic rings. The van der Waals surface area contributed by atoms with Crippen LogP contribution in [0.2, 0.25) is 0 Å². The Labute approximate surface area is 107 Å². The van der Waals surface area contributed by atoms with Crippen LogP contribution in [0.1, 0.15) is 19.5 Å². The van der Waals surface area contributed by atoms with Crippen molar-refractivity contribution in [3.63, 3.8) is 0 Å². The highest BCUT2D eigenvalue weighted by atomic mass is 31.2. The lowest BCUT2D eigenvalue weighted by Gasteiger charge is -2.15. The van der Waals surface area contributed by atoms with Crippen molar-refractivity contribution in [1.82, 2.24) is 4.98 Å². The molecule has 4 nitrogen and oxygen atoms in total. The molecule has 0 spiro atoms. The molecule has 1 N–H and O–H groups in total. The largest absolute Gasteiger partial charge is 0.358 e. The second-order valence-corrected chi connectivity index (χ2v) is 6.04. The smallest absolute Gasteiger partial charge is 0.336 e. The van der Waals surface area contributed by atoms with Gasteiger partial charge in [0.25, 0.3) is 0 Å². The molecule has 2 rings (SSSR count). The molecule has 0 amide bonds. The van der Waals surface area contributed by atoms with Gasteiger partial charge in [-0.3, -0.25) is 4.57 Å². The highest BCUT2D eigenvalue weighted by Crippen LogP contribution is 2.51. The number of hydrogen-bond acceptors (Lipinski definition) is 3. The van der Waals surface area contributed by atoms with Crippen LogP contribution in [-0.4, -0.2) is 18.2 Å². The maximum absolute atomic E-state index is 12.4. The van der Waals surface area contributed by atoms with Crippen LogP contribution in [0, 0.1) is 0 Å². The molecule has 0 bridgehead atoms. The average Bonchev–Trinajstić information content (AvgIpc) is 2.70. The van der Waals surface area contributed by atoms with E-state index in [-0.39, 0.29) is 6.16 Å². The summed E-state index contributed by atoms with van der Waals surface area (Å²) in [6.45, 7) is 4.41. The lowest BCUT2D eigenvalue weighted by Crippen LogP contribution is -1.99. The van der Waals surface area contributed by atoms with E-state index in [0.717, 1.165) is 16.6 Å². The van der Waals surface area contributed by atoms with Gasteiger partial charge in [0.05, 0.1) is 19.4 Å². The van der Waals surface area contributed by atoms with E-state index in [4.69, 9.17) is 9.05 Å². The molecule has 98 valence electrons. The fourth-order valence-corrected chi connectivity index (χ4v) is 3.58. The normalized spacial score (nSPS) is 12.1. The van der Waals surface area contributed by atoms with E-state index in [1.165, 1.54) is 0 Å². The predicted octanol–water partition coefficient (Wildman–Crippen LogP) is 3.93. The van der Waals surface area contributed by atoms with Crippen molar-refractivity contribution in [1.29, 1.82) is 0 Å². The minimum absolute atomic E-state index is 0.281. The molecular formula is C13H18NO3P. The van der Waals surface area contributed by atoms with E-state index in [9.17, 15) is 4.57 Å². The summed E-state index contributed by atoms with van der Waals surface area (Å²) in [5.41, 5.74) is 1.91. The van der Waals surface area contributed by atoms with E-state index in [2.05, 4.69) is 4.98 Å². The number of aromatic amines is 1. The number of para-hydroxylation sites is 1. The molecule has 18 heavy (non-hydrogen) atoms. The second-order valence-electron chi connectivity index (χ2n) is 3.99. The summed E-state index contributed by atoms with van der Waals surface area (Å²) in [6, 6.07) is 9.94. The van der Waals surface area contributed by atoms with Crippen molar-refractivity contribution in [3.8, 4) is 0 Å². The number of hydrogen-bond donors (Lipinski definition) is 1. The summed E-state index contributed by atoms with van der Waals surface area (Å²) in [5.74, 6) is 0. The molecule has 1 aromatic carbocycles. The summed E-state index contributed by atoms with van der Waals surface area (Å²) >= 11 is 0. The summed E-state index contributed by atoms with van der Waals surface area (Å²) in [5, 5.41) is 1.10. The first-order valence-electron chi connectivity index (χ1n) is 6.11. The number of fused-ring (bicyclic) bond motifs is 1. The van der Waals surface area contributed by atoms with Gasteiger partial charge in [0.1, 0.15) is 0 Å². The van der Waals surface area contributed by atoms with Crippen molar-refractivity contribution >= 4 is 18.5 Å². The van der Waals surface area contributed by atoms with Gasteiger partial charge in [0.15, 0.2) is 0 Å². The van der Waals surface area contributed by atoms with Crippen molar-refractivity contribution < 1.29 is 13.6 Å². The van der Waals surface area contributed by atoms with Crippen LogP contribution in [0.3, 0.4) is 0 Å². The number of benzene rings is 1. The van der Waals surface area contributed by atoms with Crippen molar-refractivity contribution in [2.75, 3.05) is 13.2 Å². The Morgan fingerprint density at radius 1 is 1.17 bits per heavy atom. The van der Waals surface area contributed by atoms with Gasteiger partial charge in [-0.2, -0.15) is 0 Å². The zero-order valence-electron chi connectivity index (χ0n) is 10.7. The van der Waals surface area contributed by atoms with E-state index in [1.54, 1.807) is 0 Å². The maximum Gasteiger partial charge on any atom is 0.336 e. The molecule has 0 aliphatic heterocycles. The third-order valence-electron chi connectivity index (χ3n) is 2.60. The predicted molar refractivity (Wildman–Crippen MR) is 72.9 cm³/mol. The average molecular weight is 267 g/mol. The van der Waals surface area contributed by atoms with E-state index < -0.39 is 7.60 Å². The van der Waals surface area contributed by atoms with E-state index in [0.29, 0.717) is 13.2 Å². The Morgan fingerprint density at radius 2 is 1.83 bits per heavy atom. The molecule has 0 saturated carbocycles. The summed E-state index contributed by atoms with van der Waals surface area (Å²) in [4.78, 5) is 3.24. The highest BCUT2D eigenvalue weighted by Gasteiger charge is 2.24. The molecule has 0 aliphatic carbocycles. The van der Waals surface area contributed by atoms with Crippen LogP contribution in [-0.2, 0) is 19.8 Å². The molecule has 0 radical (unpaired) electrons. The number of aromatic nitrogens is 1. The molecule has 1 aromatic heterocycles. The monoisotopic (exact) mass is 267 g/mol. The lowest BCUT2D eigenvalue weighted by atomic mass is 10.2. The third-order valence-corrected chi connectivity index (χ3v) is 4.63. The van der Waals surface area contributed by atoms with E-state index >= 15 is 0 Å². The third kappa shape index (κ3) is 3.02. The Bertz CT molecular complexity index is 521. The SMILES string of the molecule is CCOP(=O)(Cc1cc2ccccc2[nH]1)OCC. The fourth-order valence-electron chi connectivity index (χ4n) is 1.95. The van der Waals surface area contributed by atoms with Gasteiger partial charge in [0, 0.05) is 11.2 Å². The van der Waals surface area contributed by atoms with Crippen LogP contribution in [0.15, 0.2) is 30.3 Å². The topological polar surface area (TPSA) is 51.3 Å². The Kier molecular flexibility index (Phi) is 4.23. The number of nitrogens with one attached hydrogen (secondary N) is 1. The van der Waals surface area contributed by atoms with E-state index in [1.807, 2.05) is 44.2 Å². The molecular weight excluding hydrogens is 249 g/mol. The summed E-state index contributed by atoms with van der Waals surface area (Å²) in [7, 11) is -3.03. The van der Waals surface area contributed by atoms with Gasteiger partial charge in [-0.15, -0.1) is 0 Å². The van der Waals surface area contributed by atoms with Crippen molar-refractivity contribution in [3.05, 3.63) is 36.0 Å². The molecule has 0 saturated heterocycles. The van der Waals surface area contributed by atoms with Gasteiger partial charge >= 0.3 is 7.60 Å². The van der Waals surface area contributed by atoms with Crippen LogP contribution < -0.4 is 0 Å². The molecule has 1 heterocycles. The first kappa shape index (κ1) is 13.3. The number of rotatable bonds is 6. The van der Waals surface area contributed by atoms with Crippen LogP contribution in [0.4, 0.5) is 0 Å². The zero-order chi connectivity index (χ0) is 13.0. The summed E-state index contributed by atoms with van der Waals surface area (Å²) < 4.78 is 23.0. The lowest BCUT2D eigenvalue weighted by molar-refractivity contribution is 0.219. The van der Waals surface area contributed by atoms with Crippen molar-refractivity contribution in [2.45, 2.75) is 20.0 Å². The van der Waals surface area contributed by atoms with Crippen LogP contribution in [0.25, 0.3) is 10.9 Å². The van der Waals surface area contributed by atoms with Crippen molar-refractivity contribution in [2.24, 2.45) is 0 Å². The molecule has 0 fully saturated rings. The summed E-state index contributed by atoms with van der Waals surface area (Å²) in [6.07, 6.45) is 0.281. The highest BCUT2D eigenvalue weighted by molar-refractivity contribution is 7.53. The van der Waals surface area contributed by atoms with Gasteiger partial charge in [0.2, 0.25) is 0 Å². The Balaban J connectivity index is 2.23. The first-order valence-corrected chi connectivity index (χ1v) is 7.84. The van der Waals surface area contributed by atoms with Gasteiger partial charge in [-0.05, 0) is 31.4 Å². The van der Waals surface area contributed by atoms with Gasteiger partial charge in [-0.25, -0.2) is 0 Å². The quantitative estimate of drug-likeness (QED) is 0.807. The first-order chi connectivity index (χ1) is 8.67. The Morgan fingerprint density at radius 3 is 2.44 bits per heavy atom.